The Hall–Kier alpha value is -0.0400. The van der Waals surface area contributed by atoms with Gasteiger partial charge in [0.2, 0.25) is 0 Å². The van der Waals surface area contributed by atoms with E-state index in [4.69, 9.17) is 4.74 Å². The third-order valence-corrected chi connectivity index (χ3v) is 6.03. The molecule has 4 atom stereocenters. The normalized spacial score (nSPS) is 40.0. The van der Waals surface area contributed by atoms with Crippen LogP contribution in [0.4, 0.5) is 0 Å². The molecule has 2 aliphatic rings. The predicted octanol–water partition coefficient (Wildman–Crippen LogP) is 6.50. The standard InChI is InChI=1S/C20H38O/c1-5-7-11-19(13-9-17(3)15-19)21-20(12-8-6-2)14-10-18(4)16-20/h17-18H,5-16H2,1-4H3. The lowest BCUT2D eigenvalue weighted by atomic mass is 9.88. The quantitative estimate of drug-likeness (QED) is 0.496. The molecule has 0 aliphatic heterocycles. The second-order valence-corrected chi connectivity index (χ2v) is 8.37. The highest BCUT2D eigenvalue weighted by molar-refractivity contribution is 4.97. The Morgan fingerprint density at radius 1 is 0.810 bits per heavy atom. The minimum Gasteiger partial charge on any atom is -0.369 e. The molecule has 0 bridgehead atoms. The highest BCUT2D eigenvalue weighted by atomic mass is 16.5. The van der Waals surface area contributed by atoms with Gasteiger partial charge in [-0.05, 0) is 63.2 Å². The fourth-order valence-corrected chi connectivity index (χ4v) is 4.90. The van der Waals surface area contributed by atoms with Crippen molar-refractivity contribution in [2.75, 3.05) is 0 Å². The largest absolute Gasteiger partial charge is 0.369 e. The maximum absolute atomic E-state index is 7.09. The predicted molar refractivity (Wildman–Crippen MR) is 91.6 cm³/mol. The first kappa shape index (κ1) is 17.3. The van der Waals surface area contributed by atoms with Crippen LogP contribution in [0.25, 0.3) is 0 Å². The topological polar surface area (TPSA) is 9.23 Å². The summed E-state index contributed by atoms with van der Waals surface area (Å²) in [5, 5.41) is 0. The Morgan fingerprint density at radius 2 is 1.24 bits per heavy atom. The smallest absolute Gasteiger partial charge is 0.0692 e. The minimum atomic E-state index is 0.229. The molecule has 0 radical (unpaired) electrons. The Bertz CT molecular complexity index is 283. The van der Waals surface area contributed by atoms with Gasteiger partial charge in [-0.15, -0.1) is 0 Å². The lowest BCUT2D eigenvalue weighted by Crippen LogP contribution is -2.42. The van der Waals surface area contributed by atoms with E-state index in [1.165, 1.54) is 77.0 Å². The highest BCUT2D eigenvalue weighted by Crippen LogP contribution is 2.49. The van der Waals surface area contributed by atoms with Crippen LogP contribution < -0.4 is 0 Å². The second kappa shape index (κ2) is 7.49. The molecule has 0 saturated heterocycles. The molecule has 4 unspecified atom stereocenters. The molecular weight excluding hydrogens is 256 g/mol. The lowest BCUT2D eigenvalue weighted by Gasteiger charge is -2.41. The number of ether oxygens (including phenoxy) is 1. The van der Waals surface area contributed by atoms with Gasteiger partial charge in [0.05, 0.1) is 11.2 Å². The van der Waals surface area contributed by atoms with Crippen molar-refractivity contribution in [1.82, 2.24) is 0 Å². The Morgan fingerprint density at radius 3 is 1.52 bits per heavy atom. The summed E-state index contributed by atoms with van der Waals surface area (Å²) in [7, 11) is 0. The zero-order valence-electron chi connectivity index (χ0n) is 15.0. The van der Waals surface area contributed by atoms with Gasteiger partial charge in [0, 0.05) is 0 Å². The average molecular weight is 295 g/mol. The van der Waals surface area contributed by atoms with Gasteiger partial charge in [0.15, 0.2) is 0 Å². The summed E-state index contributed by atoms with van der Waals surface area (Å²) in [6, 6.07) is 0. The van der Waals surface area contributed by atoms with Crippen LogP contribution in [0.15, 0.2) is 0 Å². The Labute approximate surface area is 133 Å². The molecule has 0 aromatic heterocycles. The maximum atomic E-state index is 7.09. The van der Waals surface area contributed by atoms with Crippen molar-refractivity contribution < 1.29 is 4.74 Å². The fraction of sp³-hybridized carbons (Fsp3) is 1.00. The van der Waals surface area contributed by atoms with E-state index >= 15 is 0 Å². The van der Waals surface area contributed by atoms with Crippen molar-refractivity contribution in [2.24, 2.45) is 11.8 Å². The number of unbranched alkanes of at least 4 members (excludes halogenated alkanes) is 2. The van der Waals surface area contributed by atoms with Crippen LogP contribution in [-0.4, -0.2) is 11.2 Å². The van der Waals surface area contributed by atoms with Gasteiger partial charge in [-0.2, -0.15) is 0 Å². The number of hydrogen-bond acceptors (Lipinski definition) is 1. The molecule has 1 nitrogen and oxygen atoms in total. The average Bonchev–Trinajstić information content (AvgIpc) is 2.99. The van der Waals surface area contributed by atoms with E-state index in [1.54, 1.807) is 0 Å². The van der Waals surface area contributed by atoms with Crippen LogP contribution >= 0.6 is 0 Å². The van der Waals surface area contributed by atoms with E-state index in [-0.39, 0.29) is 11.2 Å². The fourth-order valence-electron chi connectivity index (χ4n) is 4.90. The monoisotopic (exact) mass is 294 g/mol. The van der Waals surface area contributed by atoms with Crippen molar-refractivity contribution >= 4 is 0 Å². The zero-order valence-corrected chi connectivity index (χ0v) is 15.0. The highest BCUT2D eigenvalue weighted by Gasteiger charge is 2.47. The molecular formula is C20H38O. The first-order valence-electron chi connectivity index (χ1n) is 9.73. The van der Waals surface area contributed by atoms with E-state index < -0.39 is 0 Å². The first-order chi connectivity index (χ1) is 10.0. The van der Waals surface area contributed by atoms with Gasteiger partial charge in [0.25, 0.3) is 0 Å². The molecule has 2 aliphatic carbocycles. The molecule has 2 saturated carbocycles. The summed E-state index contributed by atoms with van der Waals surface area (Å²) in [5.74, 6) is 1.73. The van der Waals surface area contributed by atoms with E-state index in [0.717, 1.165) is 11.8 Å². The molecule has 124 valence electrons. The molecule has 0 aromatic carbocycles. The van der Waals surface area contributed by atoms with Gasteiger partial charge < -0.3 is 4.74 Å². The molecule has 21 heavy (non-hydrogen) atoms. The van der Waals surface area contributed by atoms with E-state index in [2.05, 4.69) is 27.7 Å². The molecule has 2 rings (SSSR count). The van der Waals surface area contributed by atoms with Gasteiger partial charge in [-0.3, -0.25) is 0 Å². The van der Waals surface area contributed by atoms with E-state index in [1.807, 2.05) is 0 Å². The van der Waals surface area contributed by atoms with Gasteiger partial charge >= 0.3 is 0 Å². The second-order valence-electron chi connectivity index (χ2n) is 8.37. The van der Waals surface area contributed by atoms with Crippen molar-refractivity contribution in [3.05, 3.63) is 0 Å². The molecule has 0 amide bonds. The third kappa shape index (κ3) is 4.47. The molecule has 0 heterocycles. The summed E-state index contributed by atoms with van der Waals surface area (Å²) >= 11 is 0. The van der Waals surface area contributed by atoms with Gasteiger partial charge in [-0.1, -0.05) is 53.4 Å². The van der Waals surface area contributed by atoms with E-state index in [0.29, 0.717) is 0 Å². The molecule has 0 spiro atoms. The van der Waals surface area contributed by atoms with Crippen molar-refractivity contribution in [1.29, 1.82) is 0 Å². The summed E-state index contributed by atoms with van der Waals surface area (Å²) in [6.07, 6.45) is 15.9. The summed E-state index contributed by atoms with van der Waals surface area (Å²) in [5.41, 5.74) is 0.459. The maximum Gasteiger partial charge on any atom is 0.0692 e. The summed E-state index contributed by atoms with van der Waals surface area (Å²) < 4.78 is 7.09. The van der Waals surface area contributed by atoms with Crippen molar-refractivity contribution in [3.63, 3.8) is 0 Å². The molecule has 0 N–H and O–H groups in total. The van der Waals surface area contributed by atoms with Crippen LogP contribution in [0.1, 0.15) is 105 Å². The molecule has 2 fully saturated rings. The summed E-state index contributed by atoms with van der Waals surface area (Å²) in [4.78, 5) is 0. The van der Waals surface area contributed by atoms with Crippen LogP contribution in [0.3, 0.4) is 0 Å². The van der Waals surface area contributed by atoms with Crippen molar-refractivity contribution in [3.8, 4) is 0 Å². The number of hydrogen-bond donors (Lipinski definition) is 0. The van der Waals surface area contributed by atoms with E-state index in [9.17, 15) is 0 Å². The molecule has 0 aromatic rings. The third-order valence-electron chi connectivity index (χ3n) is 6.03. The van der Waals surface area contributed by atoms with Gasteiger partial charge in [0.1, 0.15) is 0 Å². The summed E-state index contributed by atoms with van der Waals surface area (Å²) in [6.45, 7) is 9.48. The first-order valence-corrected chi connectivity index (χ1v) is 9.73. The Balaban J connectivity index is 2.08. The van der Waals surface area contributed by atoms with Crippen LogP contribution in [0.5, 0.6) is 0 Å². The zero-order chi connectivity index (χ0) is 15.3. The number of rotatable bonds is 8. The molecule has 1 heteroatoms. The lowest BCUT2D eigenvalue weighted by molar-refractivity contribution is -0.162. The van der Waals surface area contributed by atoms with Crippen LogP contribution in [0, 0.1) is 11.8 Å². The Kier molecular flexibility index (Phi) is 6.17. The van der Waals surface area contributed by atoms with Crippen molar-refractivity contribution in [2.45, 2.75) is 116 Å². The van der Waals surface area contributed by atoms with Crippen LogP contribution in [-0.2, 0) is 4.74 Å². The van der Waals surface area contributed by atoms with Crippen LogP contribution in [0.2, 0.25) is 0 Å². The minimum absolute atomic E-state index is 0.229. The SMILES string of the molecule is CCCCC1(OC2(CCCC)CCC(C)C2)CCC(C)C1. The van der Waals surface area contributed by atoms with Gasteiger partial charge in [-0.25, -0.2) is 0 Å².